The number of ketones is 1. The van der Waals surface area contributed by atoms with Gasteiger partial charge in [0.05, 0.1) is 12.2 Å². The molecule has 3 aromatic rings. The number of esters is 1. The second kappa shape index (κ2) is 9.46. The number of carbonyl (C=O) groups is 2. The molecule has 0 aliphatic carbocycles. The van der Waals surface area contributed by atoms with Gasteiger partial charge >= 0.3 is 5.97 Å². The molecule has 0 unspecified atom stereocenters. The van der Waals surface area contributed by atoms with E-state index in [1.54, 1.807) is 24.3 Å². The molecule has 0 saturated heterocycles. The predicted octanol–water partition coefficient (Wildman–Crippen LogP) is 5.44. The van der Waals surface area contributed by atoms with E-state index in [0.717, 1.165) is 0 Å². The summed E-state index contributed by atoms with van der Waals surface area (Å²) in [7, 11) is 0. The van der Waals surface area contributed by atoms with E-state index in [9.17, 15) is 14.0 Å². The van der Waals surface area contributed by atoms with Gasteiger partial charge in [-0.2, -0.15) is 0 Å². The molecule has 0 amide bonds. The van der Waals surface area contributed by atoms with Crippen LogP contribution in [0.2, 0.25) is 0 Å². The fourth-order valence-electron chi connectivity index (χ4n) is 2.57. The largest absolute Gasteiger partial charge is 0.462 e. The Hall–Kier alpha value is -3.47. The average Bonchev–Trinajstić information content (AvgIpc) is 2.72. The minimum absolute atomic E-state index is 0.116. The second-order valence-electron chi connectivity index (χ2n) is 6.11. The fraction of sp³-hybridized carbons (Fsp3) is 0.130. The Morgan fingerprint density at radius 3 is 2.25 bits per heavy atom. The number of ether oxygens (including phenoxy) is 2. The van der Waals surface area contributed by atoms with Gasteiger partial charge in [0.25, 0.3) is 0 Å². The zero-order valence-electron chi connectivity index (χ0n) is 15.1. The summed E-state index contributed by atoms with van der Waals surface area (Å²) >= 11 is 0. The molecule has 0 aliphatic heterocycles. The Labute approximate surface area is 162 Å². The van der Waals surface area contributed by atoms with Gasteiger partial charge in [-0.05, 0) is 61.0 Å². The molecule has 0 N–H and O–H groups in total. The average molecular weight is 378 g/mol. The molecule has 3 aromatic carbocycles. The van der Waals surface area contributed by atoms with Crippen LogP contribution in [0.15, 0.2) is 78.9 Å². The third-order valence-corrected chi connectivity index (χ3v) is 4.00. The number of carbonyl (C=O) groups excluding carboxylic acids is 2. The Morgan fingerprint density at radius 1 is 0.786 bits per heavy atom. The zero-order chi connectivity index (χ0) is 19.8. The van der Waals surface area contributed by atoms with Crippen molar-refractivity contribution in [2.75, 3.05) is 6.61 Å². The van der Waals surface area contributed by atoms with Crippen LogP contribution in [0.5, 0.6) is 11.5 Å². The lowest BCUT2D eigenvalue weighted by Gasteiger charge is -2.08. The summed E-state index contributed by atoms with van der Waals surface area (Å²) in [5.41, 5.74) is 0.816. The van der Waals surface area contributed by atoms with Crippen molar-refractivity contribution in [2.45, 2.75) is 12.8 Å². The molecule has 0 aromatic heterocycles. The first-order chi connectivity index (χ1) is 13.6. The molecule has 0 bridgehead atoms. The lowest BCUT2D eigenvalue weighted by atomic mass is 10.1. The van der Waals surface area contributed by atoms with Gasteiger partial charge in [0, 0.05) is 12.0 Å². The van der Waals surface area contributed by atoms with Crippen LogP contribution in [0.25, 0.3) is 0 Å². The maximum absolute atomic E-state index is 12.9. The molecule has 0 spiro atoms. The van der Waals surface area contributed by atoms with Gasteiger partial charge in [-0.3, -0.25) is 4.79 Å². The normalized spacial score (nSPS) is 10.3. The third kappa shape index (κ3) is 5.51. The van der Waals surface area contributed by atoms with E-state index in [2.05, 4.69) is 0 Å². The SMILES string of the molecule is O=C(CCCOC(=O)c1cccc(Oc2ccccc2)c1)c1ccc(F)cc1. The zero-order valence-corrected chi connectivity index (χ0v) is 15.1. The fourth-order valence-corrected chi connectivity index (χ4v) is 2.57. The molecule has 4 nitrogen and oxygen atoms in total. The minimum Gasteiger partial charge on any atom is -0.462 e. The van der Waals surface area contributed by atoms with E-state index >= 15 is 0 Å². The van der Waals surface area contributed by atoms with Crippen LogP contribution in [0.3, 0.4) is 0 Å². The maximum atomic E-state index is 12.9. The van der Waals surface area contributed by atoms with E-state index < -0.39 is 5.97 Å². The maximum Gasteiger partial charge on any atom is 0.338 e. The van der Waals surface area contributed by atoms with Crippen LogP contribution in [-0.4, -0.2) is 18.4 Å². The number of para-hydroxylation sites is 1. The van der Waals surface area contributed by atoms with Gasteiger partial charge in [0.1, 0.15) is 17.3 Å². The summed E-state index contributed by atoms with van der Waals surface area (Å²) in [4.78, 5) is 24.2. The van der Waals surface area contributed by atoms with Crippen LogP contribution in [0.1, 0.15) is 33.6 Å². The molecule has 0 aliphatic rings. The van der Waals surface area contributed by atoms with Gasteiger partial charge in [-0.15, -0.1) is 0 Å². The lowest BCUT2D eigenvalue weighted by molar-refractivity contribution is 0.0494. The first-order valence-corrected chi connectivity index (χ1v) is 8.91. The Morgan fingerprint density at radius 2 is 1.50 bits per heavy atom. The van der Waals surface area contributed by atoms with Crippen LogP contribution in [-0.2, 0) is 4.74 Å². The molecule has 5 heteroatoms. The Balaban J connectivity index is 1.47. The van der Waals surface area contributed by atoms with E-state index in [0.29, 0.717) is 29.0 Å². The lowest BCUT2D eigenvalue weighted by Crippen LogP contribution is -2.08. The van der Waals surface area contributed by atoms with Gasteiger partial charge < -0.3 is 9.47 Å². The van der Waals surface area contributed by atoms with Crippen molar-refractivity contribution >= 4 is 11.8 Å². The highest BCUT2D eigenvalue weighted by atomic mass is 19.1. The Kier molecular flexibility index (Phi) is 6.52. The summed E-state index contributed by atoms with van der Waals surface area (Å²) in [6, 6.07) is 21.4. The van der Waals surface area contributed by atoms with Crippen molar-refractivity contribution in [1.29, 1.82) is 0 Å². The third-order valence-electron chi connectivity index (χ3n) is 4.00. The highest BCUT2D eigenvalue weighted by molar-refractivity contribution is 5.96. The quantitative estimate of drug-likeness (QED) is 0.298. The topological polar surface area (TPSA) is 52.6 Å². The van der Waals surface area contributed by atoms with E-state index in [1.165, 1.54) is 24.3 Å². The molecule has 0 saturated carbocycles. The molecular weight excluding hydrogens is 359 g/mol. The highest BCUT2D eigenvalue weighted by Crippen LogP contribution is 2.22. The monoisotopic (exact) mass is 378 g/mol. The first kappa shape index (κ1) is 19.3. The van der Waals surface area contributed by atoms with E-state index in [1.807, 2.05) is 30.3 Å². The molecule has 142 valence electrons. The van der Waals surface area contributed by atoms with Crippen molar-refractivity contribution in [1.82, 2.24) is 0 Å². The summed E-state index contributed by atoms with van der Waals surface area (Å²) in [6.45, 7) is 0.121. The first-order valence-electron chi connectivity index (χ1n) is 8.91. The minimum atomic E-state index is -0.479. The van der Waals surface area contributed by atoms with Crippen LogP contribution < -0.4 is 4.74 Å². The van der Waals surface area contributed by atoms with Crippen LogP contribution in [0, 0.1) is 5.82 Å². The predicted molar refractivity (Wildman–Crippen MR) is 103 cm³/mol. The molecular formula is C23H19FO4. The number of Topliss-reactive ketones (excluding diaryl/α,β-unsaturated/α-hetero) is 1. The van der Waals surface area contributed by atoms with E-state index in [4.69, 9.17) is 9.47 Å². The number of benzene rings is 3. The molecule has 28 heavy (non-hydrogen) atoms. The summed E-state index contributed by atoms with van der Waals surface area (Å²) < 4.78 is 23.8. The molecule has 0 radical (unpaired) electrons. The molecule has 0 heterocycles. The van der Waals surface area contributed by atoms with Crippen molar-refractivity contribution in [3.63, 3.8) is 0 Å². The van der Waals surface area contributed by atoms with E-state index in [-0.39, 0.29) is 24.6 Å². The summed E-state index contributed by atoms with van der Waals surface area (Å²) in [6.07, 6.45) is 0.609. The van der Waals surface area contributed by atoms with Crippen molar-refractivity contribution in [3.05, 3.63) is 95.8 Å². The molecule has 3 rings (SSSR count). The molecule has 0 atom stereocenters. The smallest absolute Gasteiger partial charge is 0.338 e. The van der Waals surface area contributed by atoms with Crippen molar-refractivity contribution < 1.29 is 23.5 Å². The Bertz CT molecular complexity index is 936. The summed E-state index contributed by atoms with van der Waals surface area (Å²) in [5, 5.41) is 0. The van der Waals surface area contributed by atoms with Gasteiger partial charge in [-0.1, -0.05) is 24.3 Å². The second-order valence-corrected chi connectivity index (χ2v) is 6.11. The number of hydrogen-bond acceptors (Lipinski definition) is 4. The number of halogens is 1. The number of rotatable bonds is 8. The van der Waals surface area contributed by atoms with Crippen molar-refractivity contribution in [2.24, 2.45) is 0 Å². The highest BCUT2D eigenvalue weighted by Gasteiger charge is 2.10. The molecule has 0 fully saturated rings. The van der Waals surface area contributed by atoms with Gasteiger partial charge in [-0.25, -0.2) is 9.18 Å². The van der Waals surface area contributed by atoms with Crippen molar-refractivity contribution in [3.8, 4) is 11.5 Å². The summed E-state index contributed by atoms with van der Waals surface area (Å²) in [5.74, 6) is 0.227. The standard InChI is InChI=1S/C23H19FO4/c24-19-13-11-17(12-14-19)22(25)10-5-15-27-23(26)18-6-4-9-21(16-18)28-20-7-2-1-3-8-20/h1-4,6-9,11-14,16H,5,10,15H2. The van der Waals surface area contributed by atoms with Crippen LogP contribution >= 0.6 is 0 Å². The van der Waals surface area contributed by atoms with Gasteiger partial charge in [0.2, 0.25) is 0 Å². The van der Waals surface area contributed by atoms with Gasteiger partial charge in [0.15, 0.2) is 5.78 Å². The van der Waals surface area contributed by atoms with Crippen LogP contribution in [0.4, 0.5) is 4.39 Å². The number of hydrogen-bond donors (Lipinski definition) is 0.